The SMILES string of the molecule is COc1ccccc1CCNc1ccnc(C(=O)NC2CCCCCC2)c1. The van der Waals surface area contributed by atoms with Crippen LogP contribution in [-0.4, -0.2) is 30.6 Å². The maximum Gasteiger partial charge on any atom is 0.270 e. The first-order chi connectivity index (χ1) is 13.3. The summed E-state index contributed by atoms with van der Waals surface area (Å²) in [5, 5.41) is 6.53. The zero-order valence-electron chi connectivity index (χ0n) is 16.0. The minimum absolute atomic E-state index is 0.0738. The van der Waals surface area contributed by atoms with Gasteiger partial charge in [-0.1, -0.05) is 43.9 Å². The monoisotopic (exact) mass is 367 g/mol. The minimum Gasteiger partial charge on any atom is -0.496 e. The summed E-state index contributed by atoms with van der Waals surface area (Å²) in [6, 6.07) is 12.0. The van der Waals surface area contributed by atoms with Crippen LogP contribution in [0, 0.1) is 0 Å². The first-order valence-electron chi connectivity index (χ1n) is 9.89. The Bertz CT molecular complexity index is 740. The van der Waals surface area contributed by atoms with Gasteiger partial charge in [-0.2, -0.15) is 0 Å². The standard InChI is InChI=1S/C22H29N3O2/c1-27-21-11-7-6-8-17(21)12-14-23-19-13-15-24-20(16-19)22(26)25-18-9-4-2-3-5-10-18/h6-8,11,13,15-16,18H,2-5,9-10,12,14H2,1H3,(H,23,24)(H,25,26). The predicted octanol–water partition coefficient (Wildman–Crippen LogP) is 4.20. The van der Waals surface area contributed by atoms with Crippen LogP contribution in [0.25, 0.3) is 0 Å². The molecule has 0 unspecified atom stereocenters. The molecule has 1 heterocycles. The van der Waals surface area contributed by atoms with Crippen molar-refractivity contribution in [1.29, 1.82) is 0 Å². The second kappa shape index (κ2) is 9.95. The summed E-state index contributed by atoms with van der Waals surface area (Å²) in [6.45, 7) is 0.758. The number of hydrogen-bond donors (Lipinski definition) is 2. The van der Waals surface area contributed by atoms with Crippen molar-refractivity contribution in [2.45, 2.75) is 51.0 Å². The predicted molar refractivity (Wildman–Crippen MR) is 108 cm³/mol. The fourth-order valence-electron chi connectivity index (χ4n) is 3.60. The normalized spacial score (nSPS) is 15.0. The molecular weight excluding hydrogens is 338 g/mol. The number of methoxy groups -OCH3 is 1. The van der Waals surface area contributed by atoms with Gasteiger partial charge in [-0.15, -0.1) is 0 Å². The summed E-state index contributed by atoms with van der Waals surface area (Å²) >= 11 is 0. The number of amides is 1. The number of hydrogen-bond acceptors (Lipinski definition) is 4. The number of pyridine rings is 1. The number of nitrogens with zero attached hydrogens (tertiary/aromatic N) is 1. The van der Waals surface area contributed by atoms with Crippen LogP contribution < -0.4 is 15.4 Å². The number of benzene rings is 1. The van der Waals surface area contributed by atoms with E-state index in [0.717, 1.165) is 42.8 Å². The third-order valence-electron chi connectivity index (χ3n) is 5.10. The van der Waals surface area contributed by atoms with Gasteiger partial charge in [0.25, 0.3) is 5.91 Å². The molecule has 1 aromatic heterocycles. The molecule has 1 amide bonds. The summed E-state index contributed by atoms with van der Waals surface area (Å²) in [6.07, 6.45) is 9.62. The lowest BCUT2D eigenvalue weighted by molar-refractivity contribution is 0.0928. The van der Waals surface area contributed by atoms with Crippen molar-refractivity contribution in [3.8, 4) is 5.75 Å². The van der Waals surface area contributed by atoms with Gasteiger partial charge in [0.2, 0.25) is 0 Å². The van der Waals surface area contributed by atoms with Crippen LogP contribution in [0.1, 0.15) is 54.6 Å². The van der Waals surface area contributed by atoms with Crippen LogP contribution in [0.15, 0.2) is 42.6 Å². The molecular formula is C22H29N3O2. The average Bonchev–Trinajstić information content (AvgIpc) is 2.97. The van der Waals surface area contributed by atoms with Crippen molar-refractivity contribution in [1.82, 2.24) is 10.3 Å². The van der Waals surface area contributed by atoms with E-state index in [1.54, 1.807) is 13.3 Å². The van der Waals surface area contributed by atoms with Gasteiger partial charge < -0.3 is 15.4 Å². The Balaban J connectivity index is 1.54. The Hall–Kier alpha value is -2.56. The van der Waals surface area contributed by atoms with Crippen molar-refractivity contribution in [3.05, 3.63) is 53.9 Å². The number of carbonyl (C=O) groups is 1. The molecule has 0 radical (unpaired) electrons. The van der Waals surface area contributed by atoms with Gasteiger partial charge in [0.1, 0.15) is 11.4 Å². The van der Waals surface area contributed by atoms with Crippen molar-refractivity contribution in [3.63, 3.8) is 0 Å². The van der Waals surface area contributed by atoms with Gasteiger partial charge in [-0.3, -0.25) is 9.78 Å². The van der Waals surface area contributed by atoms with Crippen LogP contribution in [0.2, 0.25) is 0 Å². The number of ether oxygens (including phenoxy) is 1. The van der Waals surface area contributed by atoms with Crippen LogP contribution >= 0.6 is 0 Å². The third kappa shape index (κ3) is 5.71. The topological polar surface area (TPSA) is 63.2 Å². The van der Waals surface area contributed by atoms with E-state index in [9.17, 15) is 4.79 Å². The molecule has 0 saturated heterocycles. The van der Waals surface area contributed by atoms with Crippen molar-refractivity contribution < 1.29 is 9.53 Å². The molecule has 5 nitrogen and oxygen atoms in total. The number of aromatic nitrogens is 1. The Morgan fingerprint density at radius 3 is 2.70 bits per heavy atom. The maximum atomic E-state index is 12.5. The van der Waals surface area contributed by atoms with Crippen LogP contribution in [0.5, 0.6) is 5.75 Å². The molecule has 0 atom stereocenters. The molecule has 144 valence electrons. The molecule has 27 heavy (non-hydrogen) atoms. The number of rotatable bonds is 7. The van der Waals surface area contributed by atoms with Gasteiger partial charge in [0.05, 0.1) is 7.11 Å². The Kier molecular flexibility index (Phi) is 7.08. The molecule has 0 bridgehead atoms. The van der Waals surface area contributed by atoms with Crippen molar-refractivity contribution in [2.75, 3.05) is 19.0 Å². The highest BCUT2D eigenvalue weighted by atomic mass is 16.5. The number of carbonyl (C=O) groups excluding carboxylic acids is 1. The Morgan fingerprint density at radius 2 is 1.93 bits per heavy atom. The number of para-hydroxylation sites is 1. The summed E-state index contributed by atoms with van der Waals surface area (Å²) in [7, 11) is 1.69. The zero-order chi connectivity index (χ0) is 18.9. The quantitative estimate of drug-likeness (QED) is 0.720. The first-order valence-corrected chi connectivity index (χ1v) is 9.89. The van der Waals surface area contributed by atoms with Gasteiger partial charge in [0, 0.05) is 24.5 Å². The van der Waals surface area contributed by atoms with Crippen LogP contribution in [-0.2, 0) is 6.42 Å². The molecule has 0 spiro atoms. The van der Waals surface area contributed by atoms with E-state index < -0.39 is 0 Å². The molecule has 1 fully saturated rings. The van der Waals surface area contributed by atoms with E-state index in [2.05, 4.69) is 21.7 Å². The summed E-state index contributed by atoms with van der Waals surface area (Å²) < 4.78 is 5.39. The van der Waals surface area contributed by atoms with Crippen LogP contribution in [0.4, 0.5) is 5.69 Å². The highest BCUT2D eigenvalue weighted by Gasteiger charge is 2.16. The van der Waals surface area contributed by atoms with E-state index in [0.29, 0.717) is 5.69 Å². The molecule has 2 aromatic rings. The third-order valence-corrected chi connectivity index (χ3v) is 5.10. The first kappa shape index (κ1) is 19.2. The molecule has 0 aliphatic heterocycles. The van der Waals surface area contributed by atoms with Gasteiger partial charge in [-0.05, 0) is 43.0 Å². The van der Waals surface area contributed by atoms with Crippen LogP contribution in [0.3, 0.4) is 0 Å². The van der Waals surface area contributed by atoms with Gasteiger partial charge >= 0.3 is 0 Å². The highest BCUT2D eigenvalue weighted by molar-refractivity contribution is 5.93. The lowest BCUT2D eigenvalue weighted by atomic mass is 10.1. The zero-order valence-corrected chi connectivity index (χ0v) is 16.0. The summed E-state index contributed by atoms with van der Waals surface area (Å²) in [5.74, 6) is 0.827. The molecule has 1 aromatic carbocycles. The molecule has 3 rings (SSSR count). The van der Waals surface area contributed by atoms with E-state index in [-0.39, 0.29) is 11.9 Å². The van der Waals surface area contributed by atoms with Crippen molar-refractivity contribution >= 4 is 11.6 Å². The molecule has 1 aliphatic rings. The van der Waals surface area contributed by atoms with E-state index in [1.165, 1.54) is 25.7 Å². The lowest BCUT2D eigenvalue weighted by Gasteiger charge is -2.16. The molecule has 5 heteroatoms. The smallest absolute Gasteiger partial charge is 0.270 e. The number of nitrogens with one attached hydrogen (secondary N) is 2. The van der Waals surface area contributed by atoms with E-state index in [1.807, 2.05) is 30.3 Å². The second-order valence-electron chi connectivity index (χ2n) is 7.08. The lowest BCUT2D eigenvalue weighted by Crippen LogP contribution is -2.34. The molecule has 1 aliphatic carbocycles. The summed E-state index contributed by atoms with van der Waals surface area (Å²) in [4.78, 5) is 16.8. The maximum absolute atomic E-state index is 12.5. The average molecular weight is 367 g/mol. The fraction of sp³-hybridized carbons (Fsp3) is 0.455. The minimum atomic E-state index is -0.0738. The highest BCUT2D eigenvalue weighted by Crippen LogP contribution is 2.19. The Morgan fingerprint density at radius 1 is 1.15 bits per heavy atom. The van der Waals surface area contributed by atoms with Gasteiger partial charge in [-0.25, -0.2) is 0 Å². The van der Waals surface area contributed by atoms with E-state index in [4.69, 9.17) is 4.74 Å². The molecule has 1 saturated carbocycles. The summed E-state index contributed by atoms with van der Waals surface area (Å²) in [5.41, 5.74) is 2.54. The van der Waals surface area contributed by atoms with E-state index >= 15 is 0 Å². The van der Waals surface area contributed by atoms with Gasteiger partial charge in [0.15, 0.2) is 0 Å². The fourth-order valence-corrected chi connectivity index (χ4v) is 3.60. The van der Waals surface area contributed by atoms with Crippen molar-refractivity contribution in [2.24, 2.45) is 0 Å². The molecule has 2 N–H and O–H groups in total. The Labute approximate surface area is 161 Å². The second-order valence-corrected chi connectivity index (χ2v) is 7.08. The largest absolute Gasteiger partial charge is 0.496 e. The number of anilines is 1.